The number of carbonyl (C=O) groups excluding carboxylic acids is 1. The van der Waals surface area contributed by atoms with Crippen LogP contribution in [0.4, 0.5) is 8.78 Å². The summed E-state index contributed by atoms with van der Waals surface area (Å²) >= 11 is 0. The Labute approximate surface area is 165 Å². The second-order valence-electron chi connectivity index (χ2n) is 1.30. The van der Waals surface area contributed by atoms with Gasteiger partial charge in [0.15, 0.2) is 10.1 Å². The smallest absolute Gasteiger partial charge is 0.743 e. The number of alkyl halides is 2. The van der Waals surface area contributed by atoms with Crippen LogP contribution in [-0.2, 0) is 14.9 Å². The number of amides is 1. The molecular formula is C2HF2NO4Rb2S. The molecule has 0 spiro atoms. The van der Waals surface area contributed by atoms with Gasteiger partial charge in [-0.25, -0.2) is 8.42 Å². The van der Waals surface area contributed by atoms with E-state index in [9.17, 15) is 26.5 Å². The standard InChI is InChI=1S/C2H3F2NO4S.2Rb/c3-2(4,1(5)6)10(7,8)9;;/h(H3,5,6,7,8,9);;/q;2*+1/p-2. The fourth-order valence-corrected chi connectivity index (χ4v) is 0.341. The van der Waals surface area contributed by atoms with Gasteiger partial charge in [0, 0.05) is 0 Å². The number of halogens is 2. The fraction of sp³-hybridized carbons (Fsp3) is 0.500. The van der Waals surface area contributed by atoms with Gasteiger partial charge in [0.25, 0.3) is 0 Å². The Balaban J connectivity index is -0.000000405. The number of hydrogen-bond donors (Lipinski definition) is 0. The predicted molar refractivity (Wildman–Crippen MR) is 24.0 cm³/mol. The third-order valence-corrected chi connectivity index (χ3v) is 1.39. The van der Waals surface area contributed by atoms with Crippen LogP contribution in [0.2, 0.25) is 0 Å². The van der Waals surface area contributed by atoms with Crippen LogP contribution in [0, 0.1) is 0 Å². The molecule has 10 heteroatoms. The Morgan fingerprint density at radius 1 is 1.33 bits per heavy atom. The first-order valence-electron chi connectivity index (χ1n) is 1.79. The molecule has 0 aromatic rings. The molecule has 0 aliphatic carbocycles. The van der Waals surface area contributed by atoms with Crippen LogP contribution < -0.4 is 116 Å². The van der Waals surface area contributed by atoms with Crippen LogP contribution in [0.3, 0.4) is 0 Å². The molecule has 0 rings (SSSR count). The Bertz CT molecular complexity index is 252. The molecule has 1 N–H and O–H groups in total. The quantitative estimate of drug-likeness (QED) is 0.466. The minimum atomic E-state index is -6.02. The summed E-state index contributed by atoms with van der Waals surface area (Å²) in [6.07, 6.45) is 0. The van der Waals surface area contributed by atoms with Crippen molar-refractivity contribution in [1.29, 1.82) is 0 Å². The van der Waals surface area contributed by atoms with Gasteiger partial charge in [-0.3, -0.25) is 0 Å². The van der Waals surface area contributed by atoms with Crippen molar-refractivity contribution in [3.8, 4) is 0 Å². The minimum absolute atomic E-state index is 0. The average molecular weight is 344 g/mol. The zero-order valence-electron chi connectivity index (χ0n) is 6.30. The number of nitrogens with one attached hydrogen (secondary N) is 1. The van der Waals surface area contributed by atoms with E-state index >= 15 is 0 Å². The topological polar surface area (TPSA) is 98.1 Å². The van der Waals surface area contributed by atoms with Crippen molar-refractivity contribution in [3.63, 3.8) is 0 Å². The van der Waals surface area contributed by atoms with Gasteiger partial charge in [-0.15, -0.1) is 0 Å². The first-order valence-corrected chi connectivity index (χ1v) is 3.19. The van der Waals surface area contributed by atoms with E-state index in [1.165, 1.54) is 0 Å². The summed E-state index contributed by atoms with van der Waals surface area (Å²) in [6.45, 7) is 0. The molecule has 0 aromatic carbocycles. The van der Waals surface area contributed by atoms with Gasteiger partial charge in [-0.05, 0) is 0 Å². The van der Waals surface area contributed by atoms with E-state index in [4.69, 9.17) is 5.73 Å². The summed E-state index contributed by atoms with van der Waals surface area (Å²) in [7, 11) is -6.02. The minimum Gasteiger partial charge on any atom is -0.743 e. The summed E-state index contributed by atoms with van der Waals surface area (Å²) in [4.78, 5) is 9.45. The summed E-state index contributed by atoms with van der Waals surface area (Å²) in [5, 5.41) is -5.12. The van der Waals surface area contributed by atoms with Crippen molar-refractivity contribution in [2.24, 2.45) is 0 Å². The summed E-state index contributed by atoms with van der Waals surface area (Å²) in [5.74, 6) is -2.72. The molecule has 0 bridgehead atoms. The fourth-order valence-electron chi connectivity index (χ4n) is 0.114. The molecule has 0 saturated carbocycles. The van der Waals surface area contributed by atoms with Gasteiger partial charge < -0.3 is 15.1 Å². The molecule has 60 valence electrons. The Morgan fingerprint density at radius 2 is 1.58 bits per heavy atom. The molecule has 12 heavy (non-hydrogen) atoms. The van der Waals surface area contributed by atoms with E-state index in [1.807, 2.05) is 0 Å². The summed E-state index contributed by atoms with van der Waals surface area (Å²) in [6, 6.07) is 0. The number of rotatable bonds is 2. The Kier molecular flexibility index (Phi) is 12.1. The second-order valence-corrected chi connectivity index (χ2v) is 2.72. The molecule has 0 aromatic heterocycles. The molecule has 1 amide bonds. The number of hydrogen-bond acceptors (Lipinski definition) is 4. The predicted octanol–water partition coefficient (Wildman–Crippen LogP) is -6.29. The van der Waals surface area contributed by atoms with Gasteiger partial charge >= 0.3 is 122 Å². The molecule has 0 fully saturated rings. The van der Waals surface area contributed by atoms with Gasteiger partial charge in [-0.1, -0.05) is 0 Å². The van der Waals surface area contributed by atoms with Crippen LogP contribution in [0.15, 0.2) is 0 Å². The monoisotopic (exact) mass is 343 g/mol. The van der Waals surface area contributed by atoms with Gasteiger partial charge in [0.1, 0.15) is 5.91 Å². The van der Waals surface area contributed by atoms with E-state index in [-0.39, 0.29) is 116 Å². The number of carbonyl (C=O) groups is 1. The molecule has 5 nitrogen and oxygen atoms in total. The maximum Gasteiger partial charge on any atom is 1.00 e. The van der Waals surface area contributed by atoms with E-state index < -0.39 is 21.3 Å². The first kappa shape index (κ1) is 20.3. The van der Waals surface area contributed by atoms with Crippen molar-refractivity contribution in [2.75, 3.05) is 0 Å². The van der Waals surface area contributed by atoms with Crippen molar-refractivity contribution in [1.82, 2.24) is 0 Å². The SMILES string of the molecule is [NH-]C(=O)C(F)(F)S(=O)(=O)[O-].[Rb+].[Rb+]. The van der Waals surface area contributed by atoms with E-state index in [0.717, 1.165) is 0 Å². The summed E-state index contributed by atoms with van der Waals surface area (Å²) in [5.41, 5.74) is 5.67. The molecular weight excluding hydrogens is 343 g/mol. The van der Waals surface area contributed by atoms with E-state index in [0.29, 0.717) is 0 Å². The molecule has 0 atom stereocenters. The maximum atomic E-state index is 11.6. The second kappa shape index (κ2) is 7.18. The normalized spacial score (nSPS) is 10.9. The van der Waals surface area contributed by atoms with Gasteiger partial charge in [0.05, 0.1) is 0 Å². The van der Waals surface area contributed by atoms with Crippen LogP contribution in [0.1, 0.15) is 0 Å². The average Bonchev–Trinajstić information content (AvgIpc) is 1.62. The van der Waals surface area contributed by atoms with Crippen LogP contribution in [0.25, 0.3) is 5.73 Å². The third kappa shape index (κ3) is 5.66. The molecule has 0 radical (unpaired) electrons. The Morgan fingerprint density at radius 3 is 1.58 bits per heavy atom. The Hall–Kier alpha value is 2.85. The van der Waals surface area contributed by atoms with Crippen LogP contribution in [-0.4, -0.2) is 24.1 Å². The van der Waals surface area contributed by atoms with Gasteiger partial charge in [0.2, 0.25) is 0 Å². The largest absolute Gasteiger partial charge is 1.00 e. The van der Waals surface area contributed by atoms with Crippen molar-refractivity contribution >= 4 is 16.0 Å². The maximum absolute atomic E-state index is 11.6. The van der Waals surface area contributed by atoms with Gasteiger partial charge in [-0.2, -0.15) is 8.78 Å². The zero-order chi connectivity index (χ0) is 8.58. The molecule has 0 saturated heterocycles. The first-order chi connectivity index (χ1) is 4.19. The molecule has 0 heterocycles. The molecule has 0 unspecified atom stereocenters. The van der Waals surface area contributed by atoms with E-state index in [2.05, 4.69) is 0 Å². The van der Waals surface area contributed by atoms with Crippen molar-refractivity contribution < 1.29 is 143 Å². The van der Waals surface area contributed by atoms with Crippen molar-refractivity contribution in [2.45, 2.75) is 5.25 Å². The third-order valence-electron chi connectivity index (χ3n) is 0.578. The van der Waals surface area contributed by atoms with E-state index in [1.54, 1.807) is 0 Å². The van der Waals surface area contributed by atoms with Crippen molar-refractivity contribution in [3.05, 3.63) is 5.73 Å². The van der Waals surface area contributed by atoms with Crippen LogP contribution in [0.5, 0.6) is 0 Å². The van der Waals surface area contributed by atoms with Crippen LogP contribution >= 0.6 is 0 Å². The molecule has 0 aliphatic heterocycles. The zero-order valence-corrected chi connectivity index (χ0v) is 16.9. The molecule has 0 aliphatic rings. The summed E-state index contributed by atoms with van der Waals surface area (Å²) < 4.78 is 51.6.